The van der Waals surface area contributed by atoms with Crippen LogP contribution in [-0.2, 0) is 12.6 Å². The first-order valence-electron chi connectivity index (χ1n) is 5.23. The summed E-state index contributed by atoms with van der Waals surface area (Å²) in [7, 11) is 0. The van der Waals surface area contributed by atoms with Gasteiger partial charge in [-0.15, -0.1) is 0 Å². The van der Waals surface area contributed by atoms with Crippen molar-refractivity contribution in [1.29, 1.82) is 0 Å². The first-order chi connectivity index (χ1) is 7.50. The molecule has 1 aromatic heterocycles. The quantitative estimate of drug-likeness (QED) is 0.796. The second kappa shape index (κ2) is 3.96. The first-order valence-corrected chi connectivity index (χ1v) is 5.23. The van der Waals surface area contributed by atoms with Crippen LogP contribution >= 0.6 is 0 Å². The van der Waals surface area contributed by atoms with Gasteiger partial charge in [0.05, 0.1) is 6.10 Å². The molecule has 0 unspecified atom stereocenters. The van der Waals surface area contributed by atoms with Crippen molar-refractivity contribution < 1.29 is 17.9 Å². The maximum absolute atomic E-state index is 12.6. The molecule has 0 atom stereocenters. The Labute approximate surface area is 91.4 Å². The Morgan fingerprint density at radius 1 is 1.44 bits per heavy atom. The van der Waals surface area contributed by atoms with E-state index in [2.05, 4.69) is 4.98 Å². The van der Waals surface area contributed by atoms with Crippen molar-refractivity contribution in [3.05, 3.63) is 23.5 Å². The third-order valence-electron chi connectivity index (χ3n) is 2.40. The third kappa shape index (κ3) is 2.46. The lowest BCUT2D eigenvalue weighted by atomic mass is 10.2. The van der Waals surface area contributed by atoms with Crippen LogP contribution in [0.3, 0.4) is 0 Å². The Bertz CT molecular complexity index is 385. The zero-order valence-electron chi connectivity index (χ0n) is 8.84. The van der Waals surface area contributed by atoms with E-state index in [0.717, 1.165) is 18.4 Å². The van der Waals surface area contributed by atoms with Crippen LogP contribution in [0.5, 0.6) is 5.75 Å². The highest BCUT2D eigenvalue weighted by Gasteiger charge is 2.38. The molecule has 1 aromatic rings. The van der Waals surface area contributed by atoms with Gasteiger partial charge < -0.3 is 4.74 Å². The molecule has 88 valence electrons. The molecule has 0 amide bonds. The molecule has 1 fully saturated rings. The summed E-state index contributed by atoms with van der Waals surface area (Å²) in [6.07, 6.45) is -0.956. The van der Waals surface area contributed by atoms with Gasteiger partial charge in [-0.25, -0.2) is 4.98 Å². The van der Waals surface area contributed by atoms with E-state index in [1.807, 2.05) is 6.92 Å². The molecule has 0 spiro atoms. The smallest absolute Gasteiger partial charge is 0.437 e. The first kappa shape index (κ1) is 11.2. The van der Waals surface area contributed by atoms with Gasteiger partial charge in [0.2, 0.25) is 0 Å². The van der Waals surface area contributed by atoms with E-state index in [1.54, 1.807) is 0 Å². The minimum atomic E-state index is -4.45. The number of hydrogen-bond acceptors (Lipinski definition) is 2. The predicted molar refractivity (Wildman–Crippen MR) is 52.3 cm³/mol. The fourth-order valence-electron chi connectivity index (χ4n) is 1.35. The largest absolute Gasteiger partial charge is 0.488 e. The van der Waals surface area contributed by atoms with Crippen LogP contribution in [0.2, 0.25) is 0 Å². The Kier molecular flexibility index (Phi) is 2.78. The fraction of sp³-hybridized carbons (Fsp3) is 0.545. The van der Waals surface area contributed by atoms with Crippen LogP contribution in [0, 0.1) is 0 Å². The number of hydrogen-bond donors (Lipinski definition) is 0. The maximum atomic E-state index is 12.6. The van der Waals surface area contributed by atoms with E-state index < -0.39 is 11.9 Å². The number of pyridine rings is 1. The molecule has 1 saturated carbocycles. The van der Waals surface area contributed by atoms with Crippen LogP contribution in [0.15, 0.2) is 12.3 Å². The summed E-state index contributed by atoms with van der Waals surface area (Å²) >= 11 is 0. The third-order valence-corrected chi connectivity index (χ3v) is 2.40. The van der Waals surface area contributed by atoms with Crippen LogP contribution in [0.25, 0.3) is 0 Å². The Hall–Kier alpha value is -1.26. The summed E-state index contributed by atoms with van der Waals surface area (Å²) in [6.45, 7) is 1.87. The van der Waals surface area contributed by atoms with Crippen LogP contribution in [0.4, 0.5) is 13.2 Å². The van der Waals surface area contributed by atoms with Gasteiger partial charge in [0.15, 0.2) is 11.4 Å². The number of halogens is 3. The van der Waals surface area contributed by atoms with Crippen molar-refractivity contribution in [2.24, 2.45) is 0 Å². The van der Waals surface area contributed by atoms with E-state index in [9.17, 15) is 13.2 Å². The highest BCUT2D eigenvalue weighted by molar-refractivity contribution is 5.34. The predicted octanol–water partition coefficient (Wildman–Crippen LogP) is 3.20. The normalized spacial score (nSPS) is 16.2. The molecule has 0 N–H and O–H groups in total. The van der Waals surface area contributed by atoms with Gasteiger partial charge >= 0.3 is 6.18 Å². The lowest BCUT2D eigenvalue weighted by Gasteiger charge is -2.13. The second-order valence-corrected chi connectivity index (χ2v) is 3.86. The van der Waals surface area contributed by atoms with Crippen molar-refractivity contribution in [2.75, 3.05) is 0 Å². The summed E-state index contributed by atoms with van der Waals surface area (Å²) in [4.78, 5) is 3.45. The van der Waals surface area contributed by atoms with E-state index in [1.165, 1.54) is 12.3 Å². The van der Waals surface area contributed by atoms with Gasteiger partial charge in [-0.1, -0.05) is 6.92 Å². The molecule has 0 saturated heterocycles. The number of aromatic nitrogens is 1. The molecule has 16 heavy (non-hydrogen) atoms. The lowest BCUT2D eigenvalue weighted by Crippen LogP contribution is -2.12. The van der Waals surface area contributed by atoms with Gasteiger partial charge in [-0.3, -0.25) is 0 Å². The van der Waals surface area contributed by atoms with Gasteiger partial charge in [0.1, 0.15) is 0 Å². The van der Waals surface area contributed by atoms with E-state index in [-0.39, 0.29) is 11.9 Å². The number of aryl methyl sites for hydroxylation is 1. The molecule has 1 aliphatic carbocycles. The van der Waals surface area contributed by atoms with Gasteiger partial charge in [-0.2, -0.15) is 13.2 Å². The Morgan fingerprint density at radius 3 is 2.62 bits per heavy atom. The molecule has 0 radical (unpaired) electrons. The van der Waals surface area contributed by atoms with Crippen molar-refractivity contribution >= 4 is 0 Å². The Morgan fingerprint density at radius 2 is 2.12 bits per heavy atom. The highest BCUT2D eigenvalue weighted by atomic mass is 19.4. The molecular weight excluding hydrogens is 219 g/mol. The summed E-state index contributed by atoms with van der Waals surface area (Å²) in [5, 5.41) is 0. The average Bonchev–Trinajstić information content (AvgIpc) is 3.00. The number of ether oxygens (including phenoxy) is 1. The van der Waals surface area contributed by atoms with Gasteiger partial charge in [0.25, 0.3) is 0 Å². The fourth-order valence-corrected chi connectivity index (χ4v) is 1.35. The second-order valence-electron chi connectivity index (χ2n) is 3.86. The summed E-state index contributed by atoms with van der Waals surface area (Å²) < 4.78 is 43.1. The van der Waals surface area contributed by atoms with Crippen molar-refractivity contribution in [3.63, 3.8) is 0 Å². The minimum Gasteiger partial charge on any atom is -0.488 e. The number of nitrogens with zero attached hydrogens (tertiary/aromatic N) is 1. The minimum absolute atomic E-state index is 0.0602. The van der Waals surface area contributed by atoms with Gasteiger partial charge in [0, 0.05) is 6.20 Å². The summed E-state index contributed by atoms with van der Waals surface area (Å²) in [5.41, 5.74) is -0.166. The van der Waals surface area contributed by atoms with Crippen LogP contribution in [-0.4, -0.2) is 11.1 Å². The molecule has 0 aliphatic heterocycles. The Balaban J connectivity index is 2.33. The zero-order valence-corrected chi connectivity index (χ0v) is 8.84. The van der Waals surface area contributed by atoms with Crippen LogP contribution < -0.4 is 4.74 Å². The molecular formula is C11H12F3NO. The molecule has 5 heteroatoms. The standard InChI is InChI=1S/C11H12F3NO/c1-2-7-5-9(16-8-3-4-8)10(15-6-7)11(12,13)14/h5-6,8H,2-4H2,1H3. The SMILES string of the molecule is CCc1cnc(C(F)(F)F)c(OC2CC2)c1. The number of alkyl halides is 3. The summed E-state index contributed by atoms with van der Waals surface area (Å²) in [6, 6.07) is 1.44. The van der Waals surface area contributed by atoms with Crippen LogP contribution in [0.1, 0.15) is 31.0 Å². The summed E-state index contributed by atoms with van der Waals surface area (Å²) in [5.74, 6) is -0.130. The topological polar surface area (TPSA) is 22.1 Å². The van der Waals surface area contributed by atoms with Crippen molar-refractivity contribution in [1.82, 2.24) is 4.98 Å². The molecule has 1 heterocycles. The van der Waals surface area contributed by atoms with Crippen molar-refractivity contribution in [3.8, 4) is 5.75 Å². The average molecular weight is 231 g/mol. The molecule has 0 bridgehead atoms. The van der Waals surface area contributed by atoms with Gasteiger partial charge in [-0.05, 0) is 30.9 Å². The van der Waals surface area contributed by atoms with Crippen molar-refractivity contribution in [2.45, 2.75) is 38.5 Å². The molecule has 2 rings (SSSR count). The van der Waals surface area contributed by atoms with E-state index in [0.29, 0.717) is 6.42 Å². The monoisotopic (exact) mass is 231 g/mol. The highest BCUT2D eigenvalue weighted by Crippen LogP contribution is 2.37. The zero-order chi connectivity index (χ0) is 11.8. The number of rotatable bonds is 3. The van der Waals surface area contributed by atoms with E-state index in [4.69, 9.17) is 4.74 Å². The van der Waals surface area contributed by atoms with E-state index >= 15 is 0 Å². The lowest BCUT2D eigenvalue weighted by molar-refractivity contribution is -0.142. The molecule has 2 nitrogen and oxygen atoms in total. The molecule has 1 aliphatic rings. The molecule has 0 aromatic carbocycles. The maximum Gasteiger partial charge on any atom is 0.437 e.